The fraction of sp³-hybridized carbons (Fsp3) is 0.435. The van der Waals surface area contributed by atoms with E-state index in [1.165, 1.54) is 16.4 Å². The molecule has 2 heterocycles. The van der Waals surface area contributed by atoms with Gasteiger partial charge in [-0.2, -0.15) is 0 Å². The van der Waals surface area contributed by atoms with Crippen LogP contribution in [0.25, 0.3) is 0 Å². The number of carbonyl (C=O) groups is 1. The van der Waals surface area contributed by atoms with E-state index in [2.05, 4.69) is 4.90 Å². The predicted molar refractivity (Wildman–Crippen MR) is 124 cm³/mol. The van der Waals surface area contributed by atoms with E-state index in [9.17, 15) is 17.6 Å². The van der Waals surface area contributed by atoms with Crippen LogP contribution in [0.3, 0.4) is 0 Å². The van der Waals surface area contributed by atoms with Crippen molar-refractivity contribution in [3.8, 4) is 0 Å². The van der Waals surface area contributed by atoms with Crippen molar-refractivity contribution in [1.82, 2.24) is 9.21 Å². The van der Waals surface area contributed by atoms with Gasteiger partial charge in [0.15, 0.2) is 0 Å². The first-order valence-electron chi connectivity index (χ1n) is 10.8. The first-order chi connectivity index (χ1) is 15.3. The van der Waals surface area contributed by atoms with Crippen LogP contribution in [-0.2, 0) is 20.6 Å². The number of nitrogens with zero attached hydrogens (tertiary/aromatic N) is 3. The van der Waals surface area contributed by atoms with Crippen LogP contribution in [-0.4, -0.2) is 62.8 Å². The normalized spacial score (nSPS) is 20.4. The smallest absolute Gasteiger partial charge is 0.227 e. The van der Waals surface area contributed by atoms with Gasteiger partial charge in [0, 0.05) is 50.0 Å². The van der Waals surface area contributed by atoms with Gasteiger partial charge in [-0.3, -0.25) is 4.79 Å². The van der Waals surface area contributed by atoms with E-state index in [1.54, 1.807) is 36.4 Å². The molecular weight excluding hydrogens is 453 g/mol. The minimum Gasteiger partial charge on any atom is -0.368 e. The molecule has 4 rings (SSSR count). The number of hydrogen-bond acceptors (Lipinski definition) is 4. The van der Waals surface area contributed by atoms with Gasteiger partial charge in [0.2, 0.25) is 15.9 Å². The van der Waals surface area contributed by atoms with Crippen LogP contribution in [0.2, 0.25) is 5.02 Å². The topological polar surface area (TPSA) is 60.9 Å². The van der Waals surface area contributed by atoms with Crippen LogP contribution in [0.5, 0.6) is 0 Å². The summed E-state index contributed by atoms with van der Waals surface area (Å²) in [5.41, 5.74) is 1.51. The van der Waals surface area contributed by atoms with E-state index in [-0.39, 0.29) is 29.9 Å². The lowest BCUT2D eigenvalue weighted by Gasteiger charge is -2.39. The van der Waals surface area contributed by atoms with Crippen LogP contribution < -0.4 is 4.90 Å². The number of piperazine rings is 1. The van der Waals surface area contributed by atoms with Crippen LogP contribution in [0.1, 0.15) is 18.4 Å². The lowest BCUT2D eigenvalue weighted by Crippen LogP contribution is -2.53. The van der Waals surface area contributed by atoms with Gasteiger partial charge >= 0.3 is 0 Å². The fourth-order valence-electron chi connectivity index (χ4n) is 4.40. The Morgan fingerprint density at radius 3 is 2.38 bits per heavy atom. The zero-order chi connectivity index (χ0) is 22.7. The molecule has 0 radical (unpaired) electrons. The van der Waals surface area contributed by atoms with Crippen LogP contribution in [0.15, 0.2) is 48.5 Å². The predicted octanol–water partition coefficient (Wildman–Crippen LogP) is 3.37. The van der Waals surface area contributed by atoms with E-state index < -0.39 is 10.0 Å². The highest BCUT2D eigenvalue weighted by molar-refractivity contribution is 7.88. The molecule has 0 aromatic heterocycles. The molecule has 0 N–H and O–H groups in total. The maximum absolute atomic E-state index is 13.2. The second kappa shape index (κ2) is 9.77. The molecule has 32 heavy (non-hydrogen) atoms. The third-order valence-corrected chi connectivity index (χ3v) is 8.37. The molecule has 0 aliphatic carbocycles. The minimum absolute atomic E-state index is 0.0152. The molecule has 172 valence electrons. The lowest BCUT2D eigenvalue weighted by atomic mass is 9.97. The Morgan fingerprint density at radius 1 is 1.00 bits per heavy atom. The van der Waals surface area contributed by atoms with Crippen molar-refractivity contribution in [3.63, 3.8) is 0 Å². The molecule has 2 aliphatic rings. The van der Waals surface area contributed by atoms with Crippen molar-refractivity contribution >= 4 is 33.2 Å². The number of anilines is 1. The SMILES string of the molecule is O=C([C@H]1CCCN(S(=O)(=O)Cc2ccccc2Cl)C1)N1CCN(c2ccc(F)cc2)CC1. The Hall–Kier alpha value is -2.16. The number of rotatable bonds is 5. The number of hydrogen-bond donors (Lipinski definition) is 0. The van der Waals surface area contributed by atoms with E-state index in [4.69, 9.17) is 11.6 Å². The largest absolute Gasteiger partial charge is 0.368 e. The summed E-state index contributed by atoms with van der Waals surface area (Å²) < 4.78 is 40.6. The van der Waals surface area contributed by atoms with Crippen molar-refractivity contribution in [1.29, 1.82) is 0 Å². The van der Waals surface area contributed by atoms with Crippen LogP contribution >= 0.6 is 11.6 Å². The highest BCUT2D eigenvalue weighted by Crippen LogP contribution is 2.26. The number of sulfonamides is 1. The number of piperidine rings is 1. The van der Waals surface area contributed by atoms with E-state index in [0.29, 0.717) is 56.2 Å². The highest BCUT2D eigenvalue weighted by atomic mass is 35.5. The summed E-state index contributed by atoms with van der Waals surface area (Å²) in [5.74, 6) is -0.748. The van der Waals surface area contributed by atoms with E-state index in [0.717, 1.165) is 5.69 Å². The molecule has 9 heteroatoms. The zero-order valence-corrected chi connectivity index (χ0v) is 19.4. The summed E-state index contributed by atoms with van der Waals surface area (Å²) in [7, 11) is -3.57. The second-order valence-electron chi connectivity index (χ2n) is 8.33. The molecule has 0 spiro atoms. The van der Waals surface area contributed by atoms with Crippen molar-refractivity contribution in [3.05, 3.63) is 64.9 Å². The van der Waals surface area contributed by atoms with E-state index in [1.807, 2.05) is 4.90 Å². The van der Waals surface area contributed by atoms with Gasteiger partial charge in [0.1, 0.15) is 5.82 Å². The van der Waals surface area contributed by atoms with Gasteiger partial charge in [-0.15, -0.1) is 0 Å². The molecule has 2 fully saturated rings. The van der Waals surface area contributed by atoms with Crippen LogP contribution in [0.4, 0.5) is 10.1 Å². The average Bonchev–Trinajstić information content (AvgIpc) is 2.81. The van der Waals surface area contributed by atoms with Gasteiger partial charge in [-0.05, 0) is 48.7 Å². The Kier molecular flexibility index (Phi) is 7.02. The summed E-state index contributed by atoms with van der Waals surface area (Å²) in [5, 5.41) is 0.430. The number of benzene rings is 2. The van der Waals surface area contributed by atoms with Crippen LogP contribution in [0, 0.1) is 11.7 Å². The zero-order valence-electron chi connectivity index (χ0n) is 17.8. The third-order valence-electron chi connectivity index (χ3n) is 6.21. The number of amides is 1. The summed E-state index contributed by atoms with van der Waals surface area (Å²) in [6.07, 6.45) is 1.35. The lowest BCUT2D eigenvalue weighted by molar-refractivity contribution is -0.137. The first-order valence-corrected chi connectivity index (χ1v) is 12.8. The molecule has 0 bridgehead atoms. The summed E-state index contributed by atoms with van der Waals surface area (Å²) in [4.78, 5) is 17.1. The van der Waals surface area contributed by atoms with Crippen molar-refractivity contribution in [2.75, 3.05) is 44.2 Å². The molecule has 0 saturated carbocycles. The molecule has 1 amide bonds. The molecule has 0 unspecified atom stereocenters. The summed E-state index contributed by atoms with van der Waals surface area (Å²) in [6, 6.07) is 13.3. The Balaban J connectivity index is 1.35. The van der Waals surface area contributed by atoms with Gasteiger partial charge < -0.3 is 9.80 Å². The minimum atomic E-state index is -3.57. The fourth-order valence-corrected chi connectivity index (χ4v) is 6.32. The molecule has 1 atom stereocenters. The molecule has 2 aliphatic heterocycles. The Morgan fingerprint density at radius 2 is 1.69 bits per heavy atom. The van der Waals surface area contributed by atoms with Gasteiger partial charge in [-0.1, -0.05) is 29.8 Å². The highest BCUT2D eigenvalue weighted by Gasteiger charge is 2.35. The van der Waals surface area contributed by atoms with Gasteiger partial charge in [0.05, 0.1) is 11.7 Å². The van der Waals surface area contributed by atoms with E-state index >= 15 is 0 Å². The standard InChI is InChI=1S/C23H27ClFN3O3S/c24-22-6-2-1-4-19(22)17-32(30,31)28-11-3-5-18(16-28)23(29)27-14-12-26(13-15-27)21-9-7-20(25)8-10-21/h1-2,4,6-10,18H,3,5,11-17H2/t18-/m0/s1. The molecule has 6 nitrogen and oxygen atoms in total. The number of carbonyl (C=O) groups excluding carboxylic acids is 1. The molecular formula is C23H27ClFN3O3S. The van der Waals surface area contributed by atoms with Crippen molar-refractivity contribution in [2.24, 2.45) is 5.92 Å². The second-order valence-corrected chi connectivity index (χ2v) is 10.7. The molecule has 2 aromatic carbocycles. The van der Waals surface area contributed by atoms with Crippen molar-refractivity contribution in [2.45, 2.75) is 18.6 Å². The number of halogens is 2. The summed E-state index contributed by atoms with van der Waals surface area (Å²) >= 11 is 6.15. The molecule has 2 saturated heterocycles. The molecule has 2 aromatic rings. The Bertz CT molecular complexity index is 1060. The average molecular weight is 480 g/mol. The van der Waals surface area contributed by atoms with Crippen molar-refractivity contribution < 1.29 is 17.6 Å². The summed E-state index contributed by atoms with van der Waals surface area (Å²) in [6.45, 7) is 3.11. The van der Waals surface area contributed by atoms with Gasteiger partial charge in [-0.25, -0.2) is 17.1 Å². The Labute approximate surface area is 193 Å². The first kappa shape index (κ1) is 23.0. The van der Waals surface area contributed by atoms with Gasteiger partial charge in [0.25, 0.3) is 0 Å². The maximum Gasteiger partial charge on any atom is 0.227 e. The quantitative estimate of drug-likeness (QED) is 0.659. The third kappa shape index (κ3) is 5.24. The monoisotopic (exact) mass is 479 g/mol. The maximum atomic E-state index is 13.2.